The van der Waals surface area contributed by atoms with Gasteiger partial charge in [-0.3, -0.25) is 0 Å². The van der Waals surface area contributed by atoms with Crippen LogP contribution in [-0.4, -0.2) is 15.7 Å². The molecule has 0 saturated carbocycles. The molecular formula is C6H5AsOS. The van der Waals surface area contributed by atoms with Gasteiger partial charge in [0.25, 0.3) is 0 Å². The van der Waals surface area contributed by atoms with E-state index in [1.54, 1.807) is 0 Å². The fourth-order valence-corrected chi connectivity index (χ4v) is 1.23. The zero-order valence-corrected chi connectivity index (χ0v) is 7.38. The second kappa shape index (κ2) is 3.19. The third-order valence-corrected chi connectivity index (χ3v) is 2.32. The predicted molar refractivity (Wildman–Crippen MR) is 39.8 cm³/mol. The molecule has 1 aromatic carbocycles. The molecule has 1 rings (SSSR count). The quantitative estimate of drug-likeness (QED) is 0.520. The summed E-state index contributed by atoms with van der Waals surface area (Å²) in [5.41, 5.74) is 0. The fraction of sp³-hybridized carbons (Fsp3) is 0. The van der Waals surface area contributed by atoms with E-state index < -0.39 is 15.7 Å². The van der Waals surface area contributed by atoms with Gasteiger partial charge in [-0.15, -0.1) is 0 Å². The summed E-state index contributed by atoms with van der Waals surface area (Å²) >= 11 is 3.22. The summed E-state index contributed by atoms with van der Waals surface area (Å²) in [6, 6.07) is 7.34. The van der Waals surface area contributed by atoms with E-state index in [1.807, 2.05) is 24.3 Å². The molecule has 0 aliphatic heterocycles. The maximum absolute atomic E-state index is 10.3. The standard InChI is InChI=1S/C6H5AsOS/c8-7-5-1-3-6(9)4-2-5/h1-4,9H. The van der Waals surface area contributed by atoms with Gasteiger partial charge in [0.2, 0.25) is 0 Å². The van der Waals surface area contributed by atoms with Gasteiger partial charge in [0.05, 0.1) is 0 Å². The number of hydrogen-bond acceptors (Lipinski definition) is 2. The number of thiol groups is 1. The van der Waals surface area contributed by atoms with Crippen molar-refractivity contribution in [1.82, 2.24) is 0 Å². The third-order valence-electron chi connectivity index (χ3n) is 0.955. The molecule has 0 atom stereocenters. The van der Waals surface area contributed by atoms with Crippen LogP contribution in [0.4, 0.5) is 0 Å². The van der Waals surface area contributed by atoms with Crippen molar-refractivity contribution in [3.63, 3.8) is 0 Å². The van der Waals surface area contributed by atoms with Crippen LogP contribution in [-0.2, 0) is 3.74 Å². The Balaban J connectivity index is 3.01. The number of hydrogen-bond donors (Lipinski definition) is 1. The molecule has 0 bridgehead atoms. The van der Waals surface area contributed by atoms with Crippen LogP contribution in [0.1, 0.15) is 0 Å². The second-order valence-corrected chi connectivity index (χ2v) is 3.59. The topological polar surface area (TPSA) is 17.1 Å². The van der Waals surface area contributed by atoms with Crippen molar-refractivity contribution in [3.05, 3.63) is 24.3 Å². The average molecular weight is 200 g/mol. The minimum absolute atomic E-state index is 0.863. The van der Waals surface area contributed by atoms with Crippen LogP contribution < -0.4 is 4.35 Å². The molecule has 0 unspecified atom stereocenters. The van der Waals surface area contributed by atoms with E-state index in [0.29, 0.717) is 0 Å². The summed E-state index contributed by atoms with van der Waals surface area (Å²) in [4.78, 5) is 0.911. The molecular weight excluding hydrogens is 195 g/mol. The Labute approximate surface area is 65.8 Å². The van der Waals surface area contributed by atoms with E-state index in [2.05, 4.69) is 12.6 Å². The van der Waals surface area contributed by atoms with E-state index in [9.17, 15) is 3.74 Å². The number of benzene rings is 1. The van der Waals surface area contributed by atoms with Crippen molar-refractivity contribution in [2.75, 3.05) is 0 Å². The zero-order chi connectivity index (χ0) is 6.69. The minimum atomic E-state index is -0.863. The van der Waals surface area contributed by atoms with Gasteiger partial charge in [0.1, 0.15) is 0 Å². The van der Waals surface area contributed by atoms with Crippen molar-refractivity contribution in [3.8, 4) is 0 Å². The van der Waals surface area contributed by atoms with Crippen LogP contribution in [0.2, 0.25) is 0 Å². The Morgan fingerprint density at radius 2 is 1.78 bits per heavy atom. The molecule has 0 heterocycles. The molecule has 9 heavy (non-hydrogen) atoms. The van der Waals surface area contributed by atoms with Crippen LogP contribution in [0.3, 0.4) is 0 Å². The van der Waals surface area contributed by atoms with Crippen molar-refractivity contribution in [1.29, 1.82) is 0 Å². The Morgan fingerprint density at radius 3 is 2.22 bits per heavy atom. The van der Waals surface area contributed by atoms with Gasteiger partial charge in [-0.25, -0.2) is 0 Å². The first-order chi connectivity index (χ1) is 4.33. The van der Waals surface area contributed by atoms with E-state index >= 15 is 0 Å². The zero-order valence-electron chi connectivity index (χ0n) is 4.61. The fourth-order valence-electron chi connectivity index (χ4n) is 0.513. The molecule has 0 aliphatic rings. The molecule has 1 aromatic rings. The Bertz CT molecular complexity index is 207. The van der Waals surface area contributed by atoms with Crippen LogP contribution in [0.15, 0.2) is 29.2 Å². The van der Waals surface area contributed by atoms with Crippen LogP contribution in [0.5, 0.6) is 0 Å². The summed E-state index contributed by atoms with van der Waals surface area (Å²) in [6.45, 7) is 0. The summed E-state index contributed by atoms with van der Waals surface area (Å²) in [7, 11) is 0. The van der Waals surface area contributed by atoms with E-state index in [1.165, 1.54) is 0 Å². The van der Waals surface area contributed by atoms with Crippen molar-refractivity contribution < 1.29 is 3.74 Å². The van der Waals surface area contributed by atoms with Gasteiger partial charge in [-0.05, 0) is 0 Å². The molecule has 0 aromatic heterocycles. The van der Waals surface area contributed by atoms with E-state index in [4.69, 9.17) is 0 Å². The summed E-state index contributed by atoms with van der Waals surface area (Å²) in [5.74, 6) is 0. The first kappa shape index (κ1) is 7.04. The summed E-state index contributed by atoms with van der Waals surface area (Å²) < 4.78 is 11.2. The molecule has 3 heteroatoms. The average Bonchev–Trinajstić information content (AvgIpc) is 1.90. The summed E-state index contributed by atoms with van der Waals surface area (Å²) in [5, 5.41) is 0. The van der Waals surface area contributed by atoms with Crippen molar-refractivity contribution in [2.45, 2.75) is 4.90 Å². The first-order valence-electron chi connectivity index (χ1n) is 2.45. The van der Waals surface area contributed by atoms with E-state index in [0.717, 1.165) is 9.25 Å². The van der Waals surface area contributed by atoms with Gasteiger partial charge in [0, 0.05) is 0 Å². The van der Waals surface area contributed by atoms with Crippen LogP contribution >= 0.6 is 12.6 Å². The van der Waals surface area contributed by atoms with Crippen LogP contribution in [0.25, 0.3) is 0 Å². The van der Waals surface area contributed by atoms with Crippen molar-refractivity contribution in [2.24, 2.45) is 0 Å². The predicted octanol–water partition coefficient (Wildman–Crippen LogP) is 0.650. The first-order valence-corrected chi connectivity index (χ1v) is 4.60. The maximum atomic E-state index is 10.3. The molecule has 46 valence electrons. The number of rotatable bonds is 1. The van der Waals surface area contributed by atoms with Gasteiger partial charge in [-0.2, -0.15) is 0 Å². The Kier molecular flexibility index (Phi) is 2.49. The second-order valence-electron chi connectivity index (χ2n) is 1.61. The molecule has 0 saturated heterocycles. The van der Waals surface area contributed by atoms with Crippen LogP contribution in [0, 0.1) is 0 Å². The van der Waals surface area contributed by atoms with E-state index in [-0.39, 0.29) is 0 Å². The Morgan fingerprint density at radius 1 is 1.22 bits per heavy atom. The SMILES string of the molecule is O=[As]c1ccc(S)cc1. The molecule has 0 aliphatic carbocycles. The third kappa shape index (κ3) is 1.96. The molecule has 1 nitrogen and oxygen atoms in total. The summed E-state index contributed by atoms with van der Waals surface area (Å²) in [6.07, 6.45) is 0. The molecule has 0 radical (unpaired) electrons. The normalized spacial score (nSPS) is 9.89. The molecule has 0 spiro atoms. The monoisotopic (exact) mass is 200 g/mol. The van der Waals surface area contributed by atoms with Gasteiger partial charge < -0.3 is 0 Å². The Hall–Kier alpha value is -0.0716. The van der Waals surface area contributed by atoms with Gasteiger partial charge >= 0.3 is 65.6 Å². The van der Waals surface area contributed by atoms with Crippen molar-refractivity contribution >= 4 is 32.7 Å². The molecule has 0 N–H and O–H groups in total. The van der Waals surface area contributed by atoms with Gasteiger partial charge in [0.15, 0.2) is 0 Å². The molecule has 0 fully saturated rings. The van der Waals surface area contributed by atoms with Gasteiger partial charge in [-0.1, -0.05) is 0 Å². The molecule has 0 amide bonds.